The van der Waals surface area contributed by atoms with Gasteiger partial charge in [-0.3, -0.25) is 4.98 Å². The van der Waals surface area contributed by atoms with Crippen LogP contribution in [0.4, 0.5) is 0 Å². The summed E-state index contributed by atoms with van der Waals surface area (Å²) in [5.41, 5.74) is 3.41. The van der Waals surface area contributed by atoms with E-state index in [1.54, 1.807) is 11.3 Å². The van der Waals surface area contributed by atoms with Crippen LogP contribution >= 0.6 is 11.3 Å². The zero-order valence-corrected chi connectivity index (χ0v) is 11.2. The van der Waals surface area contributed by atoms with E-state index in [9.17, 15) is 0 Å². The minimum atomic E-state index is 0.282. The third kappa shape index (κ3) is 3.11. The molecule has 1 unspecified atom stereocenters. The number of hydrogen-bond acceptors (Lipinski definition) is 4. The van der Waals surface area contributed by atoms with Crippen molar-refractivity contribution in [3.05, 3.63) is 45.7 Å². The highest BCUT2D eigenvalue weighted by Gasteiger charge is 2.12. The molecule has 2 heterocycles. The second kappa shape index (κ2) is 5.38. The zero-order valence-electron chi connectivity index (χ0n) is 10.4. The molecular formula is C13H17N3S. The zero-order chi connectivity index (χ0) is 12.3. The summed E-state index contributed by atoms with van der Waals surface area (Å²) >= 11 is 1.70. The molecule has 0 bridgehead atoms. The third-order valence-corrected chi connectivity index (χ3v) is 3.59. The van der Waals surface area contributed by atoms with Gasteiger partial charge in [0.15, 0.2) is 0 Å². The predicted molar refractivity (Wildman–Crippen MR) is 71.3 cm³/mol. The Kier molecular flexibility index (Phi) is 3.86. The number of hydrogen-bond donors (Lipinski definition) is 1. The fraction of sp³-hybridized carbons (Fsp3) is 0.385. The number of likely N-dealkylation sites (N-methyl/N-ethyl adjacent to an activating group) is 1. The van der Waals surface area contributed by atoms with Crippen molar-refractivity contribution in [2.45, 2.75) is 26.3 Å². The topological polar surface area (TPSA) is 37.8 Å². The summed E-state index contributed by atoms with van der Waals surface area (Å²) < 4.78 is 0. The summed E-state index contributed by atoms with van der Waals surface area (Å²) in [4.78, 5) is 8.84. The van der Waals surface area contributed by atoms with Gasteiger partial charge in [0.05, 0.1) is 10.7 Å². The van der Waals surface area contributed by atoms with Crippen LogP contribution in [0.2, 0.25) is 0 Å². The van der Waals surface area contributed by atoms with Gasteiger partial charge in [0.1, 0.15) is 0 Å². The van der Waals surface area contributed by atoms with Crippen molar-refractivity contribution in [2.75, 3.05) is 7.05 Å². The van der Waals surface area contributed by atoms with Gasteiger partial charge in [0.2, 0.25) is 0 Å². The third-order valence-electron chi connectivity index (χ3n) is 2.76. The van der Waals surface area contributed by atoms with E-state index >= 15 is 0 Å². The SMILES string of the molecule is CNC(Cc1csc(C)n1)c1ccc(C)nc1. The number of aryl methyl sites for hydroxylation is 2. The molecule has 0 amide bonds. The minimum Gasteiger partial charge on any atom is -0.313 e. The van der Waals surface area contributed by atoms with Crippen molar-refractivity contribution in [2.24, 2.45) is 0 Å². The molecule has 90 valence electrons. The Morgan fingerprint density at radius 2 is 2.18 bits per heavy atom. The lowest BCUT2D eigenvalue weighted by atomic mass is 10.0. The smallest absolute Gasteiger partial charge is 0.0897 e. The van der Waals surface area contributed by atoms with Gasteiger partial charge in [-0.05, 0) is 32.5 Å². The van der Waals surface area contributed by atoms with Crippen LogP contribution in [0.25, 0.3) is 0 Å². The summed E-state index contributed by atoms with van der Waals surface area (Å²) in [6, 6.07) is 4.46. The van der Waals surface area contributed by atoms with E-state index in [4.69, 9.17) is 0 Å². The normalized spacial score (nSPS) is 12.6. The van der Waals surface area contributed by atoms with E-state index in [-0.39, 0.29) is 6.04 Å². The number of aromatic nitrogens is 2. The van der Waals surface area contributed by atoms with Crippen LogP contribution in [0.3, 0.4) is 0 Å². The quantitative estimate of drug-likeness (QED) is 0.902. The van der Waals surface area contributed by atoms with E-state index in [0.29, 0.717) is 0 Å². The number of nitrogens with zero attached hydrogens (tertiary/aromatic N) is 2. The number of rotatable bonds is 4. The lowest BCUT2D eigenvalue weighted by molar-refractivity contribution is 0.583. The first-order valence-corrected chi connectivity index (χ1v) is 6.58. The molecule has 0 spiro atoms. The Labute approximate surface area is 106 Å². The first-order chi connectivity index (χ1) is 8.19. The van der Waals surface area contributed by atoms with E-state index in [0.717, 1.165) is 22.8 Å². The van der Waals surface area contributed by atoms with Gasteiger partial charge in [-0.2, -0.15) is 0 Å². The second-order valence-electron chi connectivity index (χ2n) is 4.14. The molecule has 0 aliphatic heterocycles. The Hall–Kier alpha value is -1.26. The average molecular weight is 247 g/mol. The maximum Gasteiger partial charge on any atom is 0.0897 e. The predicted octanol–water partition coefficient (Wildman–Crippen LogP) is 2.66. The summed E-state index contributed by atoms with van der Waals surface area (Å²) in [7, 11) is 1.98. The van der Waals surface area contributed by atoms with E-state index in [1.165, 1.54) is 5.56 Å². The fourth-order valence-electron chi connectivity index (χ4n) is 1.78. The molecule has 0 aliphatic carbocycles. The average Bonchev–Trinajstić information content (AvgIpc) is 2.73. The number of nitrogens with one attached hydrogen (secondary N) is 1. The standard InChI is InChI=1S/C13H17N3S/c1-9-4-5-11(7-15-9)13(14-3)6-12-8-17-10(2)16-12/h4-5,7-8,13-14H,6H2,1-3H3. The summed E-state index contributed by atoms with van der Waals surface area (Å²) in [5.74, 6) is 0. The second-order valence-corrected chi connectivity index (χ2v) is 5.20. The van der Waals surface area contributed by atoms with E-state index < -0.39 is 0 Å². The molecular weight excluding hydrogens is 230 g/mol. The van der Waals surface area contributed by atoms with Crippen LogP contribution < -0.4 is 5.32 Å². The monoisotopic (exact) mass is 247 g/mol. The van der Waals surface area contributed by atoms with Crippen LogP contribution in [0.1, 0.15) is 28.0 Å². The highest BCUT2D eigenvalue weighted by atomic mass is 32.1. The molecule has 4 heteroatoms. The molecule has 0 saturated heterocycles. The first kappa shape index (κ1) is 12.2. The first-order valence-electron chi connectivity index (χ1n) is 5.70. The van der Waals surface area contributed by atoms with Gasteiger partial charge in [0.25, 0.3) is 0 Å². The lowest BCUT2D eigenvalue weighted by Gasteiger charge is -2.15. The number of pyridine rings is 1. The Morgan fingerprint density at radius 1 is 1.35 bits per heavy atom. The van der Waals surface area contributed by atoms with E-state index in [1.807, 2.05) is 33.2 Å². The lowest BCUT2D eigenvalue weighted by Crippen LogP contribution is -2.19. The van der Waals surface area contributed by atoms with Gasteiger partial charge >= 0.3 is 0 Å². The van der Waals surface area contributed by atoms with Crippen molar-refractivity contribution in [1.29, 1.82) is 0 Å². The van der Waals surface area contributed by atoms with Crippen molar-refractivity contribution in [1.82, 2.24) is 15.3 Å². The maximum atomic E-state index is 4.50. The van der Waals surface area contributed by atoms with Gasteiger partial charge in [-0.25, -0.2) is 4.98 Å². The highest BCUT2D eigenvalue weighted by Crippen LogP contribution is 2.19. The fourth-order valence-corrected chi connectivity index (χ4v) is 2.41. The summed E-state index contributed by atoms with van der Waals surface area (Å²) in [5, 5.41) is 6.57. The molecule has 17 heavy (non-hydrogen) atoms. The number of thiazole rings is 1. The van der Waals surface area contributed by atoms with Crippen LogP contribution in [0.15, 0.2) is 23.7 Å². The van der Waals surface area contributed by atoms with Gasteiger partial charge in [-0.15, -0.1) is 11.3 Å². The van der Waals surface area contributed by atoms with Crippen molar-refractivity contribution < 1.29 is 0 Å². The minimum absolute atomic E-state index is 0.282. The Bertz CT molecular complexity index is 476. The molecule has 0 aromatic carbocycles. The molecule has 2 aromatic heterocycles. The molecule has 2 rings (SSSR count). The van der Waals surface area contributed by atoms with E-state index in [2.05, 4.69) is 26.7 Å². The molecule has 1 atom stereocenters. The molecule has 0 aliphatic rings. The van der Waals surface area contributed by atoms with Gasteiger partial charge < -0.3 is 5.32 Å². The van der Waals surface area contributed by atoms with Crippen LogP contribution in [-0.4, -0.2) is 17.0 Å². The molecule has 0 fully saturated rings. The van der Waals surface area contributed by atoms with Crippen LogP contribution in [0, 0.1) is 13.8 Å². The van der Waals surface area contributed by atoms with Crippen molar-refractivity contribution in [3.8, 4) is 0 Å². The van der Waals surface area contributed by atoms with Gasteiger partial charge in [0, 0.05) is 29.7 Å². The van der Waals surface area contributed by atoms with Crippen molar-refractivity contribution >= 4 is 11.3 Å². The Balaban J connectivity index is 2.13. The van der Waals surface area contributed by atoms with Gasteiger partial charge in [-0.1, -0.05) is 6.07 Å². The van der Waals surface area contributed by atoms with Crippen LogP contribution in [0.5, 0.6) is 0 Å². The summed E-state index contributed by atoms with van der Waals surface area (Å²) in [6.07, 6.45) is 2.85. The molecule has 0 radical (unpaired) electrons. The van der Waals surface area contributed by atoms with Crippen molar-refractivity contribution in [3.63, 3.8) is 0 Å². The molecule has 0 saturated carbocycles. The largest absolute Gasteiger partial charge is 0.313 e. The summed E-state index contributed by atoms with van der Waals surface area (Å²) in [6.45, 7) is 4.04. The highest BCUT2D eigenvalue weighted by molar-refractivity contribution is 7.09. The molecule has 2 aromatic rings. The maximum absolute atomic E-state index is 4.50. The molecule has 3 nitrogen and oxygen atoms in total. The Morgan fingerprint density at radius 3 is 2.71 bits per heavy atom. The molecule has 1 N–H and O–H groups in total. The van der Waals surface area contributed by atoms with Crippen LogP contribution in [-0.2, 0) is 6.42 Å².